The van der Waals surface area contributed by atoms with Crippen molar-refractivity contribution < 1.29 is 13.9 Å². The molecule has 0 aromatic heterocycles. The molecule has 5 heteroatoms. The van der Waals surface area contributed by atoms with Crippen molar-refractivity contribution in [2.45, 2.75) is 13.0 Å². The first-order chi connectivity index (χ1) is 9.06. The minimum absolute atomic E-state index is 0.00281. The van der Waals surface area contributed by atoms with E-state index in [-0.39, 0.29) is 16.3 Å². The fourth-order valence-electron chi connectivity index (χ4n) is 1.66. The minimum Gasteiger partial charge on any atom is -0.506 e. The number of halogens is 3. The van der Waals surface area contributed by atoms with E-state index in [1.54, 1.807) is 24.3 Å². The van der Waals surface area contributed by atoms with Gasteiger partial charge in [0.15, 0.2) is 0 Å². The van der Waals surface area contributed by atoms with Gasteiger partial charge in [-0.2, -0.15) is 0 Å². The van der Waals surface area contributed by atoms with Gasteiger partial charge in [0, 0.05) is 17.8 Å². The van der Waals surface area contributed by atoms with Crippen LogP contribution in [-0.2, 0) is 6.54 Å². The second kappa shape index (κ2) is 5.89. The van der Waals surface area contributed by atoms with E-state index in [0.29, 0.717) is 12.2 Å². The summed E-state index contributed by atoms with van der Waals surface area (Å²) in [6.07, 6.45) is -2.47. The molecule has 0 heterocycles. The topological polar surface area (TPSA) is 32.3 Å². The Morgan fingerprint density at radius 2 is 1.95 bits per heavy atom. The predicted octanol–water partition coefficient (Wildman–Crippen LogP) is 4.60. The molecule has 100 valence electrons. The Morgan fingerprint density at radius 3 is 2.63 bits per heavy atom. The number of rotatable bonds is 4. The van der Waals surface area contributed by atoms with E-state index in [1.165, 1.54) is 18.2 Å². The van der Waals surface area contributed by atoms with Crippen molar-refractivity contribution in [1.29, 1.82) is 0 Å². The van der Waals surface area contributed by atoms with Crippen molar-refractivity contribution in [3.8, 4) is 5.75 Å². The SMILES string of the molecule is Oc1ccc(NCc2cccc(C(F)F)c2)cc1Cl. The van der Waals surface area contributed by atoms with Crippen LogP contribution in [0.2, 0.25) is 5.02 Å². The Labute approximate surface area is 114 Å². The van der Waals surface area contributed by atoms with Gasteiger partial charge in [0.2, 0.25) is 0 Å². The molecule has 0 aliphatic heterocycles. The van der Waals surface area contributed by atoms with Crippen LogP contribution in [0.25, 0.3) is 0 Å². The normalized spacial score (nSPS) is 10.7. The molecule has 0 bridgehead atoms. The van der Waals surface area contributed by atoms with Crippen molar-refractivity contribution >= 4 is 17.3 Å². The second-order valence-corrected chi connectivity index (χ2v) is 4.47. The van der Waals surface area contributed by atoms with E-state index in [0.717, 1.165) is 5.56 Å². The predicted molar refractivity (Wildman–Crippen MR) is 71.8 cm³/mol. The second-order valence-electron chi connectivity index (χ2n) is 4.07. The molecule has 0 saturated carbocycles. The number of hydrogen-bond donors (Lipinski definition) is 2. The van der Waals surface area contributed by atoms with Crippen LogP contribution in [0.1, 0.15) is 17.6 Å². The Kier molecular flexibility index (Phi) is 4.22. The van der Waals surface area contributed by atoms with Crippen LogP contribution in [0.3, 0.4) is 0 Å². The van der Waals surface area contributed by atoms with Crippen molar-refractivity contribution in [3.05, 3.63) is 58.6 Å². The molecule has 2 N–H and O–H groups in total. The molecule has 0 unspecified atom stereocenters. The van der Waals surface area contributed by atoms with Gasteiger partial charge in [-0.3, -0.25) is 0 Å². The lowest BCUT2D eigenvalue weighted by atomic mass is 10.1. The number of aromatic hydroxyl groups is 1. The minimum atomic E-state index is -2.47. The van der Waals surface area contributed by atoms with Gasteiger partial charge in [0.25, 0.3) is 6.43 Å². The van der Waals surface area contributed by atoms with Crippen LogP contribution < -0.4 is 5.32 Å². The highest BCUT2D eigenvalue weighted by atomic mass is 35.5. The van der Waals surface area contributed by atoms with Crippen molar-refractivity contribution in [3.63, 3.8) is 0 Å². The number of nitrogens with one attached hydrogen (secondary N) is 1. The van der Waals surface area contributed by atoms with Crippen molar-refractivity contribution in [1.82, 2.24) is 0 Å². The molecule has 2 rings (SSSR count). The molecule has 19 heavy (non-hydrogen) atoms. The first-order valence-electron chi connectivity index (χ1n) is 5.65. The van der Waals surface area contributed by atoms with E-state index in [9.17, 15) is 13.9 Å². The van der Waals surface area contributed by atoms with E-state index in [2.05, 4.69) is 5.32 Å². The monoisotopic (exact) mass is 283 g/mol. The molecular formula is C14H12ClF2NO. The zero-order valence-corrected chi connectivity index (χ0v) is 10.7. The third-order valence-corrected chi connectivity index (χ3v) is 2.95. The summed E-state index contributed by atoms with van der Waals surface area (Å²) < 4.78 is 25.1. The third kappa shape index (κ3) is 3.58. The summed E-state index contributed by atoms with van der Waals surface area (Å²) in [5.41, 5.74) is 1.47. The van der Waals surface area contributed by atoms with Gasteiger partial charge in [0.05, 0.1) is 5.02 Å². The number of alkyl halides is 2. The molecule has 2 nitrogen and oxygen atoms in total. The molecule has 0 spiro atoms. The molecule has 0 radical (unpaired) electrons. The molecule has 0 amide bonds. The molecule has 0 aliphatic carbocycles. The summed E-state index contributed by atoms with van der Waals surface area (Å²) in [7, 11) is 0. The first kappa shape index (κ1) is 13.6. The smallest absolute Gasteiger partial charge is 0.263 e. The Hall–Kier alpha value is -1.81. The molecule has 2 aromatic rings. The molecule has 0 atom stereocenters. The lowest BCUT2D eigenvalue weighted by molar-refractivity contribution is 0.151. The average Bonchev–Trinajstić information content (AvgIpc) is 2.40. The number of phenolic OH excluding ortho intramolecular Hbond substituents is 1. The van der Waals surface area contributed by atoms with E-state index in [4.69, 9.17) is 11.6 Å². The number of hydrogen-bond acceptors (Lipinski definition) is 2. The quantitative estimate of drug-likeness (QED) is 0.804. The molecular weight excluding hydrogens is 272 g/mol. The van der Waals surface area contributed by atoms with E-state index in [1.807, 2.05) is 0 Å². The largest absolute Gasteiger partial charge is 0.506 e. The van der Waals surface area contributed by atoms with Crippen LogP contribution in [0.4, 0.5) is 14.5 Å². The van der Waals surface area contributed by atoms with Crippen LogP contribution in [-0.4, -0.2) is 5.11 Å². The highest BCUT2D eigenvalue weighted by Gasteiger charge is 2.07. The Morgan fingerprint density at radius 1 is 1.16 bits per heavy atom. The highest BCUT2D eigenvalue weighted by molar-refractivity contribution is 6.32. The lowest BCUT2D eigenvalue weighted by Gasteiger charge is -2.09. The van der Waals surface area contributed by atoms with Crippen molar-refractivity contribution in [2.75, 3.05) is 5.32 Å². The van der Waals surface area contributed by atoms with Gasteiger partial charge in [0.1, 0.15) is 5.75 Å². The zero-order chi connectivity index (χ0) is 13.8. The number of anilines is 1. The first-order valence-corrected chi connectivity index (χ1v) is 6.03. The number of benzene rings is 2. The maximum atomic E-state index is 12.5. The lowest BCUT2D eigenvalue weighted by Crippen LogP contribution is -2.00. The van der Waals surface area contributed by atoms with Gasteiger partial charge in [-0.25, -0.2) is 8.78 Å². The molecule has 0 fully saturated rings. The average molecular weight is 284 g/mol. The van der Waals surface area contributed by atoms with E-state index >= 15 is 0 Å². The third-order valence-electron chi connectivity index (χ3n) is 2.65. The van der Waals surface area contributed by atoms with Gasteiger partial charge in [-0.1, -0.05) is 29.8 Å². The maximum absolute atomic E-state index is 12.5. The zero-order valence-electron chi connectivity index (χ0n) is 9.91. The van der Waals surface area contributed by atoms with Crippen LogP contribution >= 0.6 is 11.6 Å². The summed E-state index contributed by atoms with van der Waals surface area (Å²) in [5, 5.41) is 12.6. The van der Waals surface area contributed by atoms with Crippen LogP contribution in [0, 0.1) is 0 Å². The Balaban J connectivity index is 2.05. The van der Waals surface area contributed by atoms with Gasteiger partial charge < -0.3 is 10.4 Å². The van der Waals surface area contributed by atoms with Crippen molar-refractivity contribution in [2.24, 2.45) is 0 Å². The molecule has 0 saturated heterocycles. The highest BCUT2D eigenvalue weighted by Crippen LogP contribution is 2.26. The summed E-state index contributed by atoms with van der Waals surface area (Å²) in [4.78, 5) is 0. The van der Waals surface area contributed by atoms with Crippen LogP contribution in [0.15, 0.2) is 42.5 Å². The maximum Gasteiger partial charge on any atom is 0.263 e. The van der Waals surface area contributed by atoms with Gasteiger partial charge in [-0.15, -0.1) is 0 Å². The molecule has 2 aromatic carbocycles. The summed E-state index contributed by atoms with van der Waals surface area (Å²) >= 11 is 5.77. The summed E-state index contributed by atoms with van der Waals surface area (Å²) in [6.45, 7) is 0.404. The fourth-order valence-corrected chi connectivity index (χ4v) is 1.84. The summed E-state index contributed by atoms with van der Waals surface area (Å²) in [5.74, 6) is 0.00640. The standard InChI is InChI=1S/C14H12ClF2NO/c15-12-7-11(4-5-13(12)19)18-8-9-2-1-3-10(6-9)14(16)17/h1-7,14,18-19H,8H2. The van der Waals surface area contributed by atoms with Crippen LogP contribution in [0.5, 0.6) is 5.75 Å². The van der Waals surface area contributed by atoms with E-state index < -0.39 is 6.43 Å². The molecule has 0 aliphatic rings. The fraction of sp³-hybridized carbons (Fsp3) is 0.143. The number of phenols is 1. The Bertz CT molecular complexity index is 575. The summed E-state index contributed by atoms with van der Waals surface area (Å²) in [6, 6.07) is 10.9. The van der Waals surface area contributed by atoms with Gasteiger partial charge in [-0.05, 0) is 29.8 Å². The van der Waals surface area contributed by atoms with Gasteiger partial charge >= 0.3 is 0 Å².